The van der Waals surface area contributed by atoms with Crippen molar-refractivity contribution in [2.45, 2.75) is 17.7 Å². The molecule has 1 unspecified atom stereocenters. The fourth-order valence-corrected chi connectivity index (χ4v) is 2.42. The molecule has 0 bridgehead atoms. The van der Waals surface area contributed by atoms with Gasteiger partial charge in [0.25, 0.3) is 5.56 Å². The predicted molar refractivity (Wildman–Crippen MR) is 76.7 cm³/mol. The van der Waals surface area contributed by atoms with Crippen LogP contribution in [0.2, 0.25) is 0 Å². The highest BCUT2D eigenvalue weighted by Gasteiger charge is 2.22. The van der Waals surface area contributed by atoms with Crippen molar-refractivity contribution in [1.82, 2.24) is 9.97 Å². The van der Waals surface area contributed by atoms with Crippen LogP contribution in [0, 0.1) is 0 Å². The van der Waals surface area contributed by atoms with Gasteiger partial charge in [-0.15, -0.1) is 0 Å². The van der Waals surface area contributed by atoms with Gasteiger partial charge in [-0.2, -0.15) is 0 Å². The molecule has 0 spiro atoms. The second-order valence-electron chi connectivity index (χ2n) is 4.45. The third-order valence-electron chi connectivity index (χ3n) is 3.06. The number of aromatic nitrogens is 2. The Morgan fingerprint density at radius 2 is 2.20 bits per heavy atom. The van der Waals surface area contributed by atoms with Gasteiger partial charge in [-0.1, -0.05) is 23.9 Å². The minimum Gasteiger partial charge on any atom is -0.486 e. The summed E-state index contributed by atoms with van der Waals surface area (Å²) in [6, 6.07) is 7.53. The second-order valence-corrected chi connectivity index (χ2v) is 5.24. The highest BCUT2D eigenvalue weighted by molar-refractivity contribution is 7.98. The van der Waals surface area contributed by atoms with Crippen LogP contribution in [0.5, 0.6) is 11.5 Å². The number of nitrogens with one attached hydrogen (secondary N) is 1. The van der Waals surface area contributed by atoms with Crippen molar-refractivity contribution in [3.05, 3.63) is 46.4 Å². The average Bonchev–Trinajstić information content (AvgIpc) is 2.49. The topological polar surface area (TPSA) is 64.2 Å². The molecule has 1 aromatic heterocycles. The fraction of sp³-hybridized carbons (Fsp3) is 0.286. The molecule has 5 nitrogen and oxygen atoms in total. The molecular weight excluding hydrogens is 276 g/mol. The number of rotatable bonds is 3. The highest BCUT2D eigenvalue weighted by atomic mass is 32.2. The predicted octanol–water partition coefficient (Wildman–Crippen LogP) is 1.87. The molecule has 6 heteroatoms. The molecule has 20 heavy (non-hydrogen) atoms. The van der Waals surface area contributed by atoms with Crippen LogP contribution in [0.4, 0.5) is 0 Å². The van der Waals surface area contributed by atoms with Crippen molar-refractivity contribution in [1.29, 1.82) is 0 Å². The monoisotopic (exact) mass is 290 g/mol. The molecule has 1 atom stereocenters. The summed E-state index contributed by atoms with van der Waals surface area (Å²) in [5.41, 5.74) is 0.489. The van der Waals surface area contributed by atoms with Crippen molar-refractivity contribution < 1.29 is 9.47 Å². The number of benzene rings is 1. The first-order valence-corrected chi connectivity index (χ1v) is 7.49. The lowest BCUT2D eigenvalue weighted by atomic mass is 10.1. The van der Waals surface area contributed by atoms with E-state index in [1.807, 2.05) is 30.5 Å². The number of para-hydroxylation sites is 2. The van der Waals surface area contributed by atoms with Gasteiger partial charge in [-0.05, 0) is 18.4 Å². The first kappa shape index (κ1) is 13.1. The van der Waals surface area contributed by atoms with Crippen molar-refractivity contribution in [3.8, 4) is 11.5 Å². The number of H-pyrrole nitrogens is 1. The highest BCUT2D eigenvalue weighted by Crippen LogP contribution is 2.31. The SMILES string of the molecule is CSc1ncc(CC2COc3ccccc3O2)c(=O)[nH]1. The Labute approximate surface area is 120 Å². The smallest absolute Gasteiger partial charge is 0.254 e. The van der Waals surface area contributed by atoms with E-state index in [-0.39, 0.29) is 11.7 Å². The van der Waals surface area contributed by atoms with Crippen LogP contribution in [0.1, 0.15) is 5.56 Å². The maximum Gasteiger partial charge on any atom is 0.254 e. The number of nitrogens with zero attached hydrogens (tertiary/aromatic N) is 1. The molecule has 104 valence electrons. The molecule has 1 aliphatic rings. The van der Waals surface area contributed by atoms with E-state index in [1.165, 1.54) is 11.8 Å². The summed E-state index contributed by atoms with van der Waals surface area (Å²) in [5.74, 6) is 1.46. The van der Waals surface area contributed by atoms with Crippen molar-refractivity contribution in [2.24, 2.45) is 0 Å². The number of hydrogen-bond donors (Lipinski definition) is 1. The van der Waals surface area contributed by atoms with E-state index in [2.05, 4.69) is 9.97 Å². The van der Waals surface area contributed by atoms with Gasteiger partial charge in [-0.3, -0.25) is 4.79 Å². The average molecular weight is 290 g/mol. The molecule has 0 fully saturated rings. The van der Waals surface area contributed by atoms with Gasteiger partial charge < -0.3 is 14.5 Å². The van der Waals surface area contributed by atoms with Gasteiger partial charge in [-0.25, -0.2) is 4.98 Å². The lowest BCUT2D eigenvalue weighted by Gasteiger charge is -2.26. The Morgan fingerprint density at radius 1 is 1.40 bits per heavy atom. The van der Waals surface area contributed by atoms with E-state index in [0.717, 1.165) is 5.75 Å². The van der Waals surface area contributed by atoms with Crippen LogP contribution in [-0.4, -0.2) is 28.9 Å². The molecule has 2 aromatic rings. The molecule has 0 radical (unpaired) electrons. The first-order chi connectivity index (χ1) is 9.76. The Morgan fingerprint density at radius 3 is 2.95 bits per heavy atom. The molecule has 2 heterocycles. The Bertz CT molecular complexity index is 671. The summed E-state index contributed by atoms with van der Waals surface area (Å²) >= 11 is 1.41. The van der Waals surface area contributed by atoms with Gasteiger partial charge in [0, 0.05) is 18.2 Å². The molecule has 0 saturated heterocycles. The minimum absolute atomic E-state index is 0.119. The molecule has 1 N–H and O–H groups in total. The maximum absolute atomic E-state index is 11.9. The van der Waals surface area contributed by atoms with Crippen LogP contribution >= 0.6 is 11.8 Å². The standard InChI is InChI=1S/C14H14N2O3S/c1-20-14-15-7-9(13(17)16-14)6-10-8-18-11-4-2-3-5-12(11)19-10/h2-5,7,10H,6,8H2,1H3,(H,15,16,17). The number of fused-ring (bicyclic) bond motifs is 1. The van der Waals surface area contributed by atoms with Crippen molar-refractivity contribution in [2.75, 3.05) is 12.9 Å². The summed E-state index contributed by atoms with van der Waals surface area (Å²) < 4.78 is 11.5. The third kappa shape index (κ3) is 2.65. The lowest BCUT2D eigenvalue weighted by Crippen LogP contribution is -2.33. The summed E-state index contributed by atoms with van der Waals surface area (Å²) in [6.45, 7) is 0.431. The zero-order chi connectivity index (χ0) is 13.9. The van der Waals surface area contributed by atoms with Gasteiger partial charge in [0.05, 0.1) is 0 Å². The quantitative estimate of drug-likeness (QED) is 0.690. The van der Waals surface area contributed by atoms with Gasteiger partial charge in [0.15, 0.2) is 16.7 Å². The van der Waals surface area contributed by atoms with E-state index in [9.17, 15) is 4.79 Å². The third-order valence-corrected chi connectivity index (χ3v) is 3.65. The maximum atomic E-state index is 11.9. The van der Waals surface area contributed by atoms with E-state index in [0.29, 0.717) is 29.5 Å². The summed E-state index contributed by atoms with van der Waals surface area (Å²) in [7, 11) is 0. The zero-order valence-corrected chi connectivity index (χ0v) is 11.8. The van der Waals surface area contributed by atoms with Crippen LogP contribution in [0.15, 0.2) is 40.4 Å². The first-order valence-electron chi connectivity index (χ1n) is 6.27. The number of aromatic amines is 1. The van der Waals surface area contributed by atoms with Gasteiger partial charge >= 0.3 is 0 Å². The Balaban J connectivity index is 1.75. The van der Waals surface area contributed by atoms with E-state index >= 15 is 0 Å². The number of ether oxygens (including phenoxy) is 2. The normalized spacial score (nSPS) is 16.9. The fourth-order valence-electron chi connectivity index (χ4n) is 2.06. The molecule has 0 aliphatic carbocycles. The minimum atomic E-state index is -0.173. The summed E-state index contributed by atoms with van der Waals surface area (Å²) in [4.78, 5) is 18.8. The van der Waals surface area contributed by atoms with E-state index < -0.39 is 0 Å². The van der Waals surface area contributed by atoms with Crippen molar-refractivity contribution >= 4 is 11.8 Å². The number of thioether (sulfide) groups is 1. The van der Waals surface area contributed by atoms with Crippen LogP contribution in [0.25, 0.3) is 0 Å². The molecule has 1 aliphatic heterocycles. The van der Waals surface area contributed by atoms with E-state index in [4.69, 9.17) is 9.47 Å². The molecule has 0 amide bonds. The molecule has 0 saturated carbocycles. The molecule has 1 aromatic carbocycles. The molecular formula is C14H14N2O3S. The Kier molecular flexibility index (Phi) is 3.64. The van der Waals surface area contributed by atoms with E-state index in [1.54, 1.807) is 6.20 Å². The second kappa shape index (κ2) is 5.58. The van der Waals surface area contributed by atoms with Crippen LogP contribution in [0.3, 0.4) is 0 Å². The Hall–Kier alpha value is -1.95. The molecule has 3 rings (SSSR count). The van der Waals surface area contributed by atoms with Crippen LogP contribution < -0.4 is 15.0 Å². The summed E-state index contributed by atoms with van der Waals surface area (Å²) in [6.07, 6.45) is 3.78. The van der Waals surface area contributed by atoms with Crippen molar-refractivity contribution in [3.63, 3.8) is 0 Å². The van der Waals surface area contributed by atoms with Gasteiger partial charge in [0.2, 0.25) is 0 Å². The van der Waals surface area contributed by atoms with Gasteiger partial charge in [0.1, 0.15) is 12.7 Å². The lowest BCUT2D eigenvalue weighted by molar-refractivity contribution is 0.0910. The largest absolute Gasteiger partial charge is 0.486 e. The zero-order valence-electron chi connectivity index (χ0n) is 11.0. The number of hydrogen-bond acceptors (Lipinski definition) is 5. The summed E-state index contributed by atoms with van der Waals surface area (Å²) in [5, 5.41) is 0.616. The van der Waals surface area contributed by atoms with Crippen LogP contribution in [-0.2, 0) is 6.42 Å².